The Kier molecular flexibility index (Phi) is 5.81. The predicted octanol–water partition coefficient (Wildman–Crippen LogP) is 3.49. The molecule has 0 amide bonds. The summed E-state index contributed by atoms with van der Waals surface area (Å²) in [4.78, 5) is 9.54. The molecule has 0 aliphatic carbocycles. The molecule has 4 aromatic rings. The molecular formula is C23H25BrN6O2. The number of nitrogens with one attached hydrogen (secondary N) is 1. The highest BCUT2D eigenvalue weighted by Crippen LogP contribution is 2.31. The van der Waals surface area contributed by atoms with Gasteiger partial charge in [0, 0.05) is 49.0 Å². The molecule has 0 unspecified atom stereocenters. The van der Waals surface area contributed by atoms with E-state index in [0.29, 0.717) is 31.2 Å². The first-order valence-electron chi connectivity index (χ1n) is 10.6. The average Bonchev–Trinajstić information content (AvgIpc) is 3.24. The summed E-state index contributed by atoms with van der Waals surface area (Å²) in [5.74, 6) is 0.512. The lowest BCUT2D eigenvalue weighted by atomic mass is 10.1. The molecule has 1 saturated heterocycles. The van der Waals surface area contributed by atoms with Crippen LogP contribution in [0.4, 0.5) is 5.82 Å². The molecule has 9 heteroatoms. The van der Waals surface area contributed by atoms with Crippen molar-refractivity contribution in [3.63, 3.8) is 0 Å². The van der Waals surface area contributed by atoms with Crippen molar-refractivity contribution in [2.45, 2.75) is 32.0 Å². The van der Waals surface area contributed by atoms with Gasteiger partial charge in [-0.05, 0) is 47.5 Å². The highest BCUT2D eigenvalue weighted by atomic mass is 79.9. The first-order chi connectivity index (χ1) is 15.5. The zero-order valence-corrected chi connectivity index (χ0v) is 19.6. The largest absolute Gasteiger partial charge is 0.383 e. The second-order valence-corrected chi connectivity index (χ2v) is 8.89. The highest BCUT2D eigenvalue weighted by molar-refractivity contribution is 9.10. The first kappa shape index (κ1) is 21.3. The zero-order chi connectivity index (χ0) is 22.2. The first-order valence-corrected chi connectivity index (χ1v) is 11.4. The van der Waals surface area contributed by atoms with Crippen molar-refractivity contribution >= 4 is 38.3 Å². The van der Waals surface area contributed by atoms with Crippen molar-refractivity contribution in [2.75, 3.05) is 26.1 Å². The Balaban J connectivity index is 1.51. The molecule has 2 atom stereocenters. The third-order valence-electron chi connectivity index (χ3n) is 5.98. The number of halogens is 1. The fourth-order valence-electron chi connectivity index (χ4n) is 4.17. The molecule has 5 rings (SSSR count). The Bertz CT molecular complexity index is 1290. The van der Waals surface area contributed by atoms with Crippen LogP contribution in [0.25, 0.3) is 27.7 Å². The molecule has 1 aliphatic rings. The topological polar surface area (TPSA) is 99.6 Å². The molecule has 3 N–H and O–H groups in total. The molecule has 32 heavy (non-hydrogen) atoms. The molecule has 1 fully saturated rings. The van der Waals surface area contributed by atoms with E-state index in [9.17, 15) is 0 Å². The summed E-state index contributed by atoms with van der Waals surface area (Å²) in [5.41, 5.74) is 11.9. The van der Waals surface area contributed by atoms with Crippen LogP contribution in [-0.4, -0.2) is 52.1 Å². The van der Waals surface area contributed by atoms with Gasteiger partial charge in [-0.2, -0.15) is 9.61 Å². The molecule has 3 aromatic heterocycles. The van der Waals surface area contributed by atoms with Crippen LogP contribution in [-0.2, 0) is 16.0 Å². The number of aromatic nitrogens is 4. The number of fused-ring (bicyclic) bond motifs is 2. The lowest BCUT2D eigenvalue weighted by Crippen LogP contribution is -2.47. The van der Waals surface area contributed by atoms with Crippen molar-refractivity contribution in [1.82, 2.24) is 24.9 Å². The number of benzene rings is 1. The molecule has 0 spiro atoms. The lowest BCUT2D eigenvalue weighted by Gasteiger charge is -2.31. The second-order valence-electron chi connectivity index (χ2n) is 8.10. The molecule has 0 bridgehead atoms. The number of aryl methyl sites for hydroxylation is 1. The van der Waals surface area contributed by atoms with Gasteiger partial charge in [-0.1, -0.05) is 11.6 Å². The second kappa shape index (κ2) is 8.74. The smallest absolute Gasteiger partial charge is 0.165 e. The molecular weight excluding hydrogens is 472 g/mol. The standard InChI is InChI=1S/C23H25BrN6O2/c1-13-3-4-17-14(7-13)8-15(9-26-17)16-10-28-30-22(25)21(24)19(29-23(16)30)11-27-18-5-6-32-12-20(18)31-2/h3-4,7-10,18,20,27H,5-6,11-12,25H2,1-2H3/t18-,20+/m0/s1. The maximum Gasteiger partial charge on any atom is 0.165 e. The van der Waals surface area contributed by atoms with Crippen molar-refractivity contribution in [1.29, 1.82) is 0 Å². The van der Waals surface area contributed by atoms with Crippen LogP contribution >= 0.6 is 15.9 Å². The average molecular weight is 497 g/mol. The fraction of sp³-hybridized carbons (Fsp3) is 0.348. The maximum absolute atomic E-state index is 6.41. The summed E-state index contributed by atoms with van der Waals surface area (Å²) >= 11 is 3.61. The molecule has 0 radical (unpaired) electrons. The van der Waals surface area contributed by atoms with E-state index in [0.717, 1.165) is 38.6 Å². The molecule has 0 saturated carbocycles. The van der Waals surface area contributed by atoms with Crippen LogP contribution in [0.2, 0.25) is 0 Å². The number of hydrogen-bond acceptors (Lipinski definition) is 7. The van der Waals surface area contributed by atoms with Crippen LogP contribution in [0, 0.1) is 6.92 Å². The number of nitrogens with two attached hydrogens (primary N) is 1. The Morgan fingerprint density at radius 3 is 3.03 bits per heavy atom. The summed E-state index contributed by atoms with van der Waals surface area (Å²) < 4.78 is 13.5. The molecule has 1 aliphatic heterocycles. The molecule has 166 valence electrons. The van der Waals surface area contributed by atoms with Crippen LogP contribution in [0.15, 0.2) is 41.1 Å². The monoisotopic (exact) mass is 496 g/mol. The van der Waals surface area contributed by atoms with Gasteiger partial charge in [-0.25, -0.2) is 4.98 Å². The van der Waals surface area contributed by atoms with E-state index in [1.54, 1.807) is 17.8 Å². The Hall–Kier alpha value is -2.59. The Morgan fingerprint density at radius 1 is 1.31 bits per heavy atom. The van der Waals surface area contributed by atoms with Crippen molar-refractivity contribution in [2.24, 2.45) is 0 Å². The van der Waals surface area contributed by atoms with Gasteiger partial charge >= 0.3 is 0 Å². The summed E-state index contributed by atoms with van der Waals surface area (Å²) in [6, 6.07) is 8.54. The number of pyridine rings is 1. The Morgan fingerprint density at radius 2 is 2.19 bits per heavy atom. The quantitative estimate of drug-likeness (QED) is 0.436. The van der Waals surface area contributed by atoms with Crippen LogP contribution in [0.5, 0.6) is 0 Å². The summed E-state index contributed by atoms with van der Waals surface area (Å²) in [7, 11) is 1.71. The molecule has 4 heterocycles. The minimum absolute atomic E-state index is 0.0151. The minimum Gasteiger partial charge on any atom is -0.383 e. The number of hydrogen-bond donors (Lipinski definition) is 2. The van der Waals surface area contributed by atoms with Gasteiger partial charge in [0.2, 0.25) is 0 Å². The normalized spacial score (nSPS) is 19.1. The predicted molar refractivity (Wildman–Crippen MR) is 127 cm³/mol. The van der Waals surface area contributed by atoms with E-state index in [2.05, 4.69) is 56.5 Å². The number of anilines is 1. The van der Waals surface area contributed by atoms with Gasteiger partial charge in [0.05, 0.1) is 34.6 Å². The van der Waals surface area contributed by atoms with Crippen LogP contribution < -0.4 is 11.1 Å². The summed E-state index contributed by atoms with van der Waals surface area (Å²) in [6.07, 6.45) is 4.55. The van der Waals surface area contributed by atoms with Gasteiger partial charge in [0.15, 0.2) is 5.65 Å². The molecule has 1 aromatic carbocycles. The summed E-state index contributed by atoms with van der Waals surface area (Å²) in [5, 5.41) is 9.12. The van der Waals surface area contributed by atoms with E-state index in [1.165, 1.54) is 5.56 Å². The number of nitrogens with zero attached hydrogens (tertiary/aromatic N) is 4. The zero-order valence-electron chi connectivity index (χ0n) is 18.0. The number of rotatable bonds is 5. The minimum atomic E-state index is 0.0151. The Labute approximate surface area is 194 Å². The maximum atomic E-state index is 6.41. The fourth-order valence-corrected chi connectivity index (χ4v) is 4.56. The SMILES string of the molecule is CO[C@@H]1COCC[C@@H]1NCc1nc2c(-c3cnc4ccc(C)cc4c3)cnn2c(N)c1Br. The van der Waals surface area contributed by atoms with Crippen LogP contribution in [0.3, 0.4) is 0 Å². The van der Waals surface area contributed by atoms with E-state index in [-0.39, 0.29) is 12.1 Å². The number of methoxy groups -OCH3 is 1. The van der Waals surface area contributed by atoms with E-state index >= 15 is 0 Å². The van der Waals surface area contributed by atoms with Crippen molar-refractivity contribution in [3.05, 3.63) is 52.4 Å². The van der Waals surface area contributed by atoms with Gasteiger partial charge in [-0.15, -0.1) is 0 Å². The van der Waals surface area contributed by atoms with Gasteiger partial charge in [0.25, 0.3) is 0 Å². The van der Waals surface area contributed by atoms with E-state index < -0.39 is 0 Å². The number of nitrogen functional groups attached to an aromatic ring is 1. The van der Waals surface area contributed by atoms with E-state index in [1.807, 2.05) is 12.3 Å². The van der Waals surface area contributed by atoms with Gasteiger partial charge < -0.3 is 20.5 Å². The third-order valence-corrected chi connectivity index (χ3v) is 6.84. The van der Waals surface area contributed by atoms with Crippen molar-refractivity contribution in [3.8, 4) is 11.1 Å². The highest BCUT2D eigenvalue weighted by Gasteiger charge is 2.26. The van der Waals surface area contributed by atoms with Crippen molar-refractivity contribution < 1.29 is 9.47 Å². The third kappa shape index (κ3) is 3.86. The van der Waals surface area contributed by atoms with Crippen LogP contribution in [0.1, 0.15) is 17.7 Å². The van der Waals surface area contributed by atoms with Gasteiger partial charge in [-0.3, -0.25) is 4.98 Å². The van der Waals surface area contributed by atoms with Gasteiger partial charge in [0.1, 0.15) is 5.82 Å². The summed E-state index contributed by atoms with van der Waals surface area (Å²) in [6.45, 7) is 3.93. The van der Waals surface area contributed by atoms with E-state index in [4.69, 9.17) is 20.2 Å². The molecule has 8 nitrogen and oxygen atoms in total. The number of ether oxygens (including phenoxy) is 2. The lowest BCUT2D eigenvalue weighted by molar-refractivity contribution is -0.0502.